The highest BCUT2D eigenvalue weighted by Gasteiger charge is 2.18. The van der Waals surface area contributed by atoms with Crippen molar-refractivity contribution < 1.29 is 9.90 Å². The molecule has 0 aliphatic heterocycles. The molecule has 0 aliphatic rings. The highest BCUT2D eigenvalue weighted by atomic mass is 16.3. The van der Waals surface area contributed by atoms with Crippen molar-refractivity contribution >= 4 is 5.78 Å². The molecular formula is C15H21O2. The summed E-state index contributed by atoms with van der Waals surface area (Å²) < 4.78 is 0. The van der Waals surface area contributed by atoms with E-state index in [1.54, 1.807) is 0 Å². The van der Waals surface area contributed by atoms with Crippen LogP contribution >= 0.6 is 0 Å². The molecule has 1 radical (unpaired) electrons. The van der Waals surface area contributed by atoms with Gasteiger partial charge in [0.1, 0.15) is 5.78 Å². The maximum atomic E-state index is 11.1. The number of carbonyl (C=O) groups excluding carboxylic acids is 1. The maximum Gasteiger partial charge on any atom is 0.135 e. The van der Waals surface area contributed by atoms with Gasteiger partial charge in [-0.15, -0.1) is 0 Å². The average molecular weight is 233 g/mol. The number of hydrogen-bond acceptors (Lipinski definition) is 2. The molecule has 17 heavy (non-hydrogen) atoms. The van der Waals surface area contributed by atoms with E-state index in [1.165, 1.54) is 23.6 Å². The van der Waals surface area contributed by atoms with Crippen molar-refractivity contribution in [3.8, 4) is 0 Å². The van der Waals surface area contributed by atoms with E-state index in [0.717, 1.165) is 6.42 Å². The van der Waals surface area contributed by atoms with Crippen LogP contribution < -0.4 is 0 Å². The smallest absolute Gasteiger partial charge is 0.135 e. The second kappa shape index (κ2) is 5.97. The highest BCUT2D eigenvalue weighted by molar-refractivity contribution is 5.79. The molecule has 0 fully saturated rings. The van der Waals surface area contributed by atoms with Gasteiger partial charge in [-0.3, -0.25) is 4.79 Å². The molecule has 0 saturated heterocycles. The summed E-state index contributed by atoms with van der Waals surface area (Å²) in [5.41, 5.74) is 3.73. The van der Waals surface area contributed by atoms with E-state index in [9.17, 15) is 9.90 Å². The number of benzene rings is 1. The van der Waals surface area contributed by atoms with Gasteiger partial charge in [0.05, 0.1) is 6.10 Å². The van der Waals surface area contributed by atoms with Gasteiger partial charge >= 0.3 is 0 Å². The van der Waals surface area contributed by atoms with Gasteiger partial charge in [0.2, 0.25) is 0 Å². The number of aliphatic hydroxyl groups excluding tert-OH is 1. The normalized spacial score (nSPS) is 14.4. The van der Waals surface area contributed by atoms with Crippen molar-refractivity contribution in [2.24, 2.45) is 5.92 Å². The lowest BCUT2D eigenvalue weighted by atomic mass is 9.94. The van der Waals surface area contributed by atoms with E-state index in [-0.39, 0.29) is 5.78 Å². The second-order valence-electron chi connectivity index (χ2n) is 4.74. The largest absolute Gasteiger partial charge is 0.392 e. The number of Topliss-reactive ketones (excluding diaryl/α,β-unsaturated/α-hetero) is 1. The van der Waals surface area contributed by atoms with Crippen LogP contribution in [0.25, 0.3) is 0 Å². The summed E-state index contributed by atoms with van der Waals surface area (Å²) in [6.45, 7) is 9.31. The number of aliphatic hydroxyl groups is 1. The summed E-state index contributed by atoms with van der Waals surface area (Å²) in [5.74, 6) is -0.570. The molecule has 2 unspecified atom stereocenters. The third kappa shape index (κ3) is 3.97. The molecule has 0 spiro atoms. The molecule has 2 atom stereocenters. The van der Waals surface area contributed by atoms with Crippen molar-refractivity contribution in [1.29, 1.82) is 0 Å². The molecule has 93 valence electrons. The van der Waals surface area contributed by atoms with Crippen LogP contribution in [0.2, 0.25) is 0 Å². The molecule has 1 N–H and O–H groups in total. The van der Waals surface area contributed by atoms with Gasteiger partial charge in [0.15, 0.2) is 0 Å². The Morgan fingerprint density at radius 3 is 2.53 bits per heavy atom. The number of aryl methyl sites for hydroxylation is 3. The van der Waals surface area contributed by atoms with Gasteiger partial charge in [-0.2, -0.15) is 0 Å². The van der Waals surface area contributed by atoms with Crippen molar-refractivity contribution in [3.05, 3.63) is 41.8 Å². The van der Waals surface area contributed by atoms with Gasteiger partial charge in [0.25, 0.3) is 0 Å². The van der Waals surface area contributed by atoms with Crippen molar-refractivity contribution in [1.82, 2.24) is 0 Å². The van der Waals surface area contributed by atoms with Crippen LogP contribution in [0.4, 0.5) is 0 Å². The van der Waals surface area contributed by atoms with Crippen LogP contribution in [0.5, 0.6) is 0 Å². The Labute approximate surface area is 104 Å². The third-order valence-electron chi connectivity index (χ3n) is 3.29. The molecule has 1 aromatic rings. The van der Waals surface area contributed by atoms with Crippen LogP contribution in [0, 0.1) is 26.7 Å². The Bertz CT molecular complexity index is 396. The molecule has 0 heterocycles. The van der Waals surface area contributed by atoms with E-state index in [1.807, 2.05) is 0 Å². The van der Waals surface area contributed by atoms with E-state index in [0.29, 0.717) is 6.42 Å². The molecule has 0 bridgehead atoms. The molecule has 0 amide bonds. The van der Waals surface area contributed by atoms with Gasteiger partial charge < -0.3 is 5.11 Å². The monoisotopic (exact) mass is 233 g/mol. The minimum atomic E-state index is -0.644. The minimum Gasteiger partial charge on any atom is -0.392 e. The van der Waals surface area contributed by atoms with E-state index >= 15 is 0 Å². The SMILES string of the molecule is [CH2]C(C(C)=O)C(O)CCc1ccc(C)c(C)c1. The highest BCUT2D eigenvalue weighted by Crippen LogP contribution is 2.15. The molecule has 0 aliphatic carbocycles. The number of carbonyl (C=O) groups is 1. The zero-order valence-electron chi connectivity index (χ0n) is 10.9. The zero-order valence-corrected chi connectivity index (χ0v) is 10.9. The summed E-state index contributed by atoms with van der Waals surface area (Å²) >= 11 is 0. The summed E-state index contributed by atoms with van der Waals surface area (Å²) in [7, 11) is 0. The molecule has 2 heteroatoms. The fourth-order valence-corrected chi connectivity index (χ4v) is 1.75. The first kappa shape index (κ1) is 13.9. The van der Waals surface area contributed by atoms with E-state index in [4.69, 9.17) is 0 Å². The minimum absolute atomic E-state index is 0.0578. The van der Waals surface area contributed by atoms with Gasteiger partial charge in [-0.25, -0.2) is 0 Å². The molecule has 0 aromatic heterocycles. The van der Waals surface area contributed by atoms with Gasteiger partial charge in [-0.05, 0) is 57.2 Å². The fourth-order valence-electron chi connectivity index (χ4n) is 1.75. The lowest BCUT2D eigenvalue weighted by Gasteiger charge is -2.16. The maximum absolute atomic E-state index is 11.1. The summed E-state index contributed by atoms with van der Waals surface area (Å²) in [5, 5.41) is 9.79. The Balaban J connectivity index is 2.55. The topological polar surface area (TPSA) is 37.3 Å². The first-order chi connectivity index (χ1) is 7.91. The second-order valence-corrected chi connectivity index (χ2v) is 4.74. The van der Waals surface area contributed by atoms with Crippen molar-refractivity contribution in [2.75, 3.05) is 0 Å². The molecule has 2 nitrogen and oxygen atoms in total. The molecule has 0 saturated carbocycles. The van der Waals surface area contributed by atoms with Crippen LogP contribution in [-0.4, -0.2) is 17.0 Å². The van der Waals surface area contributed by atoms with E-state index in [2.05, 4.69) is 39.0 Å². The number of hydrogen-bond donors (Lipinski definition) is 1. The molecular weight excluding hydrogens is 212 g/mol. The Hall–Kier alpha value is -1.15. The average Bonchev–Trinajstić information content (AvgIpc) is 2.29. The Morgan fingerprint density at radius 1 is 1.35 bits per heavy atom. The first-order valence-electron chi connectivity index (χ1n) is 5.99. The van der Waals surface area contributed by atoms with Crippen LogP contribution in [-0.2, 0) is 11.2 Å². The lowest BCUT2D eigenvalue weighted by Crippen LogP contribution is -2.24. The van der Waals surface area contributed by atoms with Crippen LogP contribution in [0.15, 0.2) is 18.2 Å². The van der Waals surface area contributed by atoms with Crippen molar-refractivity contribution in [3.63, 3.8) is 0 Å². The predicted molar refractivity (Wildman–Crippen MR) is 69.8 cm³/mol. The Morgan fingerprint density at radius 2 is 2.00 bits per heavy atom. The summed E-state index contributed by atoms with van der Waals surface area (Å²) in [6, 6.07) is 6.29. The standard InChI is InChI=1S/C15H21O2/c1-10-5-6-14(9-11(10)2)7-8-15(17)12(3)13(4)16/h5-6,9,12,15,17H,3,7-8H2,1-2,4H3. The quantitative estimate of drug-likeness (QED) is 0.849. The zero-order chi connectivity index (χ0) is 13.0. The van der Waals surface area contributed by atoms with E-state index < -0.39 is 12.0 Å². The van der Waals surface area contributed by atoms with Crippen LogP contribution in [0.1, 0.15) is 30.0 Å². The molecule has 1 rings (SSSR count). The first-order valence-corrected chi connectivity index (χ1v) is 5.99. The predicted octanol–water partition coefficient (Wildman–Crippen LogP) is 2.64. The molecule has 1 aromatic carbocycles. The Kier molecular flexibility index (Phi) is 4.88. The third-order valence-corrected chi connectivity index (χ3v) is 3.29. The van der Waals surface area contributed by atoms with Crippen LogP contribution in [0.3, 0.4) is 0 Å². The summed E-state index contributed by atoms with van der Waals surface area (Å²) in [4.78, 5) is 11.1. The van der Waals surface area contributed by atoms with Gasteiger partial charge in [0, 0.05) is 5.92 Å². The number of rotatable bonds is 5. The van der Waals surface area contributed by atoms with Crippen molar-refractivity contribution in [2.45, 2.75) is 39.7 Å². The number of ketones is 1. The summed E-state index contributed by atoms with van der Waals surface area (Å²) in [6.07, 6.45) is 0.715. The fraction of sp³-hybridized carbons (Fsp3) is 0.467. The van der Waals surface area contributed by atoms with Gasteiger partial charge in [-0.1, -0.05) is 18.2 Å². The lowest BCUT2D eigenvalue weighted by molar-refractivity contribution is -0.122.